The molecule has 0 saturated carbocycles. The van der Waals surface area contributed by atoms with Crippen LogP contribution in [0.25, 0.3) is 10.1 Å². The highest BCUT2D eigenvalue weighted by Gasteiger charge is 2.25. The van der Waals surface area contributed by atoms with Crippen LogP contribution in [0.3, 0.4) is 0 Å². The first-order valence-electron chi connectivity index (χ1n) is 7.27. The summed E-state index contributed by atoms with van der Waals surface area (Å²) < 4.78 is 6.67. The van der Waals surface area contributed by atoms with E-state index in [0.717, 1.165) is 29.5 Å². The lowest BCUT2D eigenvalue weighted by molar-refractivity contribution is 0.0715. The third-order valence-electron chi connectivity index (χ3n) is 3.97. The maximum Gasteiger partial charge on any atom is 0.263 e. The summed E-state index contributed by atoms with van der Waals surface area (Å²) in [5, 5.41) is 3.98. The second kappa shape index (κ2) is 5.66. The summed E-state index contributed by atoms with van der Waals surface area (Å²) in [7, 11) is 0. The van der Waals surface area contributed by atoms with E-state index in [1.807, 2.05) is 26.0 Å². The van der Waals surface area contributed by atoms with Gasteiger partial charge in [-0.05, 0) is 38.3 Å². The summed E-state index contributed by atoms with van der Waals surface area (Å²) in [6, 6.07) is 6.07. The highest BCUT2D eigenvalue weighted by atomic mass is 32.1. The number of nitrogens with one attached hydrogen (secondary N) is 1. The Bertz CT molecular complexity index is 674. The molecule has 2 unspecified atom stereocenters. The van der Waals surface area contributed by atoms with Crippen molar-refractivity contribution in [2.45, 2.75) is 38.8 Å². The van der Waals surface area contributed by atoms with E-state index in [2.05, 4.69) is 11.4 Å². The van der Waals surface area contributed by atoms with Crippen molar-refractivity contribution in [3.63, 3.8) is 0 Å². The van der Waals surface area contributed by atoms with Crippen LogP contribution in [-0.4, -0.2) is 24.7 Å². The molecule has 1 aromatic heterocycles. The minimum Gasteiger partial charge on any atom is -0.397 e. The number of amides is 1. The van der Waals surface area contributed by atoms with E-state index >= 15 is 0 Å². The molecule has 3 N–H and O–H groups in total. The quantitative estimate of drug-likeness (QED) is 0.916. The molecular weight excluding hydrogens is 284 g/mol. The fraction of sp³-hybridized carbons (Fsp3) is 0.438. The Morgan fingerprint density at radius 3 is 3.05 bits per heavy atom. The molecule has 21 heavy (non-hydrogen) atoms. The molecule has 4 nitrogen and oxygen atoms in total. The molecule has 1 fully saturated rings. The van der Waals surface area contributed by atoms with Crippen LogP contribution in [0.1, 0.15) is 35.0 Å². The number of nitrogen functional groups attached to an aromatic ring is 1. The Morgan fingerprint density at radius 2 is 2.33 bits per heavy atom. The zero-order valence-electron chi connectivity index (χ0n) is 12.3. The number of rotatable bonds is 3. The van der Waals surface area contributed by atoms with E-state index < -0.39 is 0 Å². The molecule has 0 radical (unpaired) electrons. The number of benzene rings is 1. The van der Waals surface area contributed by atoms with Gasteiger partial charge in [0.15, 0.2) is 0 Å². The summed E-state index contributed by atoms with van der Waals surface area (Å²) >= 11 is 1.45. The van der Waals surface area contributed by atoms with Crippen molar-refractivity contribution in [3.05, 3.63) is 28.6 Å². The molecule has 0 aliphatic carbocycles. The highest BCUT2D eigenvalue weighted by Crippen LogP contribution is 2.34. The smallest absolute Gasteiger partial charge is 0.263 e. The van der Waals surface area contributed by atoms with Crippen molar-refractivity contribution in [2.75, 3.05) is 12.3 Å². The van der Waals surface area contributed by atoms with Crippen LogP contribution in [0.5, 0.6) is 0 Å². The van der Waals surface area contributed by atoms with Crippen LogP contribution in [0.15, 0.2) is 18.2 Å². The van der Waals surface area contributed by atoms with Crippen LogP contribution in [-0.2, 0) is 4.74 Å². The van der Waals surface area contributed by atoms with E-state index in [0.29, 0.717) is 10.6 Å². The van der Waals surface area contributed by atoms with Crippen molar-refractivity contribution in [2.24, 2.45) is 0 Å². The fourth-order valence-electron chi connectivity index (χ4n) is 2.75. The molecule has 1 saturated heterocycles. The van der Waals surface area contributed by atoms with Gasteiger partial charge in [0.2, 0.25) is 0 Å². The number of nitrogens with two attached hydrogens (primary N) is 1. The molecule has 1 aliphatic rings. The zero-order valence-corrected chi connectivity index (χ0v) is 13.1. The highest BCUT2D eigenvalue weighted by molar-refractivity contribution is 7.21. The number of carbonyl (C=O) groups excluding carboxylic acids is 1. The van der Waals surface area contributed by atoms with Gasteiger partial charge in [0, 0.05) is 16.7 Å². The Kier molecular flexibility index (Phi) is 3.87. The fourth-order valence-corrected chi connectivity index (χ4v) is 3.88. The van der Waals surface area contributed by atoms with Crippen LogP contribution < -0.4 is 11.1 Å². The number of fused-ring (bicyclic) bond motifs is 1. The lowest BCUT2D eigenvalue weighted by Gasteiger charge is -2.19. The molecule has 0 spiro atoms. The third-order valence-corrected chi connectivity index (χ3v) is 5.14. The molecule has 5 heteroatoms. The summed E-state index contributed by atoms with van der Waals surface area (Å²) in [4.78, 5) is 13.0. The molecule has 2 heterocycles. The largest absolute Gasteiger partial charge is 0.397 e. The van der Waals surface area contributed by atoms with E-state index in [1.165, 1.54) is 16.9 Å². The van der Waals surface area contributed by atoms with Crippen LogP contribution in [0.4, 0.5) is 5.69 Å². The van der Waals surface area contributed by atoms with E-state index in [-0.39, 0.29) is 18.1 Å². The molecule has 1 aromatic carbocycles. The van der Waals surface area contributed by atoms with E-state index in [1.54, 1.807) is 0 Å². The Balaban J connectivity index is 1.82. The molecule has 1 amide bonds. The zero-order chi connectivity index (χ0) is 15.0. The monoisotopic (exact) mass is 304 g/mol. The number of ether oxygens (including phenoxy) is 1. The van der Waals surface area contributed by atoms with Gasteiger partial charge < -0.3 is 15.8 Å². The molecule has 2 aromatic rings. The number of carbonyl (C=O) groups is 1. The Labute approximate surface area is 128 Å². The van der Waals surface area contributed by atoms with Crippen molar-refractivity contribution >= 4 is 33.0 Å². The van der Waals surface area contributed by atoms with Gasteiger partial charge in [-0.2, -0.15) is 0 Å². The topological polar surface area (TPSA) is 64.4 Å². The van der Waals surface area contributed by atoms with Gasteiger partial charge in [0.1, 0.15) is 4.88 Å². The van der Waals surface area contributed by atoms with Crippen molar-refractivity contribution in [1.82, 2.24) is 5.32 Å². The number of hydrogen-bond donors (Lipinski definition) is 2. The normalized spacial score (nSPS) is 19.8. The first kappa shape index (κ1) is 14.4. The second-order valence-electron chi connectivity index (χ2n) is 5.66. The predicted octanol–water partition coefficient (Wildman–Crippen LogP) is 3.09. The predicted molar refractivity (Wildman–Crippen MR) is 86.9 cm³/mol. The average molecular weight is 304 g/mol. The third kappa shape index (κ3) is 2.76. The summed E-state index contributed by atoms with van der Waals surface area (Å²) in [5.41, 5.74) is 7.88. The first-order chi connectivity index (χ1) is 10.1. The number of hydrogen-bond acceptors (Lipinski definition) is 4. The van der Waals surface area contributed by atoms with Gasteiger partial charge in [-0.1, -0.05) is 12.1 Å². The summed E-state index contributed by atoms with van der Waals surface area (Å²) in [6.07, 6.45) is 2.18. The van der Waals surface area contributed by atoms with Gasteiger partial charge in [0.05, 0.1) is 17.8 Å². The minimum atomic E-state index is -0.102. The SMILES string of the molecule is Cc1ccc2c(N)c(C(=O)NC(C)C3CCCO3)sc2c1. The Morgan fingerprint density at radius 1 is 1.52 bits per heavy atom. The van der Waals surface area contributed by atoms with Gasteiger partial charge >= 0.3 is 0 Å². The molecule has 112 valence electrons. The molecule has 0 bridgehead atoms. The Hall–Kier alpha value is -1.59. The van der Waals surface area contributed by atoms with Crippen LogP contribution >= 0.6 is 11.3 Å². The van der Waals surface area contributed by atoms with Crippen LogP contribution in [0, 0.1) is 6.92 Å². The van der Waals surface area contributed by atoms with Gasteiger partial charge in [-0.15, -0.1) is 11.3 Å². The lowest BCUT2D eigenvalue weighted by atomic mass is 10.1. The molecule has 2 atom stereocenters. The van der Waals surface area contributed by atoms with Gasteiger partial charge in [0.25, 0.3) is 5.91 Å². The summed E-state index contributed by atoms with van der Waals surface area (Å²) in [6.45, 7) is 4.81. The van der Waals surface area contributed by atoms with E-state index in [4.69, 9.17) is 10.5 Å². The lowest BCUT2D eigenvalue weighted by Crippen LogP contribution is -2.40. The van der Waals surface area contributed by atoms with Crippen molar-refractivity contribution in [1.29, 1.82) is 0 Å². The van der Waals surface area contributed by atoms with Gasteiger partial charge in [-0.25, -0.2) is 0 Å². The van der Waals surface area contributed by atoms with Crippen LogP contribution in [0.2, 0.25) is 0 Å². The molecule has 1 aliphatic heterocycles. The molecular formula is C16H20N2O2S. The van der Waals surface area contributed by atoms with E-state index in [9.17, 15) is 4.79 Å². The van der Waals surface area contributed by atoms with Crippen molar-refractivity contribution in [3.8, 4) is 0 Å². The average Bonchev–Trinajstić information content (AvgIpc) is 3.07. The number of aryl methyl sites for hydroxylation is 1. The molecule has 3 rings (SSSR count). The number of anilines is 1. The van der Waals surface area contributed by atoms with Crippen molar-refractivity contribution < 1.29 is 9.53 Å². The maximum absolute atomic E-state index is 12.5. The second-order valence-corrected chi connectivity index (χ2v) is 6.71. The standard InChI is InChI=1S/C16H20N2O2S/c1-9-5-6-11-13(8-9)21-15(14(11)17)16(19)18-10(2)12-4-3-7-20-12/h5-6,8,10,12H,3-4,7,17H2,1-2H3,(H,18,19). The first-order valence-corrected chi connectivity index (χ1v) is 8.09. The number of thiophene rings is 1. The van der Waals surface area contributed by atoms with Gasteiger partial charge in [-0.3, -0.25) is 4.79 Å². The maximum atomic E-state index is 12.5. The minimum absolute atomic E-state index is 0.00588. The summed E-state index contributed by atoms with van der Waals surface area (Å²) in [5.74, 6) is -0.102.